The molecule has 1 aromatic rings. The smallest absolute Gasteiger partial charge is 0.130 e. The molecule has 0 saturated carbocycles. The van der Waals surface area contributed by atoms with Crippen LogP contribution in [0.5, 0.6) is 11.5 Å². The summed E-state index contributed by atoms with van der Waals surface area (Å²) < 4.78 is 10.6. The summed E-state index contributed by atoms with van der Waals surface area (Å²) >= 11 is 0. The van der Waals surface area contributed by atoms with Crippen molar-refractivity contribution in [2.45, 2.75) is 25.9 Å². The number of nitrogens with zero attached hydrogens (tertiary/aromatic N) is 1. The van der Waals surface area contributed by atoms with Gasteiger partial charge in [-0.15, -0.1) is 0 Å². The zero-order chi connectivity index (χ0) is 12.7. The van der Waals surface area contributed by atoms with Crippen LogP contribution in [0.25, 0.3) is 0 Å². The average Bonchev–Trinajstić information content (AvgIpc) is 2.34. The molecule has 0 aliphatic rings. The highest BCUT2D eigenvalue weighted by Crippen LogP contribution is 2.18. The second-order valence-corrected chi connectivity index (χ2v) is 3.99. The fourth-order valence-corrected chi connectivity index (χ4v) is 1.40. The Balaban J connectivity index is 2.51. The molecular weight excluding hydrogens is 216 g/mol. The Morgan fingerprint density at radius 2 is 2.06 bits per heavy atom. The lowest BCUT2D eigenvalue weighted by molar-refractivity contribution is 0.281. The predicted octanol–water partition coefficient (Wildman–Crippen LogP) is 1.96. The van der Waals surface area contributed by atoms with Crippen LogP contribution in [0.4, 0.5) is 0 Å². The molecule has 17 heavy (non-hydrogen) atoms. The van der Waals surface area contributed by atoms with E-state index in [1.54, 1.807) is 13.2 Å². The Kier molecular flexibility index (Phi) is 5.31. The van der Waals surface area contributed by atoms with E-state index in [1.165, 1.54) is 0 Å². The van der Waals surface area contributed by atoms with Crippen molar-refractivity contribution in [2.24, 2.45) is 0 Å². The van der Waals surface area contributed by atoms with Crippen LogP contribution in [-0.4, -0.2) is 25.8 Å². The number of ether oxygens (including phenoxy) is 2. The first-order chi connectivity index (χ1) is 8.15. The fourth-order valence-electron chi connectivity index (χ4n) is 1.40. The Morgan fingerprint density at radius 3 is 2.65 bits per heavy atom. The molecule has 0 aromatic heterocycles. The molecule has 1 N–H and O–H groups in total. The SMILES string of the molecule is COc1cccc(OCC(C#N)NC(C)C)c1. The van der Waals surface area contributed by atoms with Gasteiger partial charge in [0, 0.05) is 12.1 Å². The van der Waals surface area contributed by atoms with Gasteiger partial charge < -0.3 is 9.47 Å². The molecular formula is C13H18N2O2. The molecule has 0 heterocycles. The highest BCUT2D eigenvalue weighted by atomic mass is 16.5. The summed E-state index contributed by atoms with van der Waals surface area (Å²) in [4.78, 5) is 0. The molecule has 0 aliphatic heterocycles. The second kappa shape index (κ2) is 6.77. The van der Waals surface area contributed by atoms with E-state index in [2.05, 4.69) is 11.4 Å². The minimum Gasteiger partial charge on any atom is -0.497 e. The first-order valence-electron chi connectivity index (χ1n) is 5.58. The van der Waals surface area contributed by atoms with Crippen molar-refractivity contribution >= 4 is 0 Å². The summed E-state index contributed by atoms with van der Waals surface area (Å²) in [7, 11) is 1.61. The Bertz CT molecular complexity index is 385. The van der Waals surface area contributed by atoms with Crippen LogP contribution in [0.3, 0.4) is 0 Å². The number of nitrogens with one attached hydrogen (secondary N) is 1. The Labute approximate surface area is 102 Å². The van der Waals surface area contributed by atoms with E-state index in [0.717, 1.165) is 5.75 Å². The lowest BCUT2D eigenvalue weighted by atomic mass is 10.3. The first-order valence-corrected chi connectivity index (χ1v) is 5.58. The number of nitriles is 1. The Morgan fingerprint density at radius 1 is 1.35 bits per heavy atom. The third-order valence-corrected chi connectivity index (χ3v) is 2.15. The zero-order valence-corrected chi connectivity index (χ0v) is 10.4. The van der Waals surface area contributed by atoms with Gasteiger partial charge in [0.25, 0.3) is 0 Å². The molecule has 0 saturated heterocycles. The molecule has 4 heteroatoms. The van der Waals surface area contributed by atoms with Crippen molar-refractivity contribution in [3.05, 3.63) is 24.3 Å². The van der Waals surface area contributed by atoms with Crippen molar-refractivity contribution in [1.82, 2.24) is 5.32 Å². The van der Waals surface area contributed by atoms with E-state index < -0.39 is 0 Å². The third-order valence-electron chi connectivity index (χ3n) is 2.15. The monoisotopic (exact) mass is 234 g/mol. The third kappa shape index (κ3) is 4.75. The van der Waals surface area contributed by atoms with Crippen molar-refractivity contribution < 1.29 is 9.47 Å². The maximum Gasteiger partial charge on any atom is 0.130 e. The van der Waals surface area contributed by atoms with Crippen LogP contribution < -0.4 is 14.8 Å². The molecule has 0 radical (unpaired) electrons. The van der Waals surface area contributed by atoms with Gasteiger partial charge >= 0.3 is 0 Å². The van der Waals surface area contributed by atoms with Crippen LogP contribution in [0.15, 0.2) is 24.3 Å². The van der Waals surface area contributed by atoms with Crippen LogP contribution in [-0.2, 0) is 0 Å². The molecule has 0 bridgehead atoms. The molecule has 1 unspecified atom stereocenters. The van der Waals surface area contributed by atoms with E-state index in [9.17, 15) is 0 Å². The number of hydrogen-bond acceptors (Lipinski definition) is 4. The first kappa shape index (κ1) is 13.3. The number of hydrogen-bond donors (Lipinski definition) is 1. The summed E-state index contributed by atoms with van der Waals surface area (Å²) in [6.45, 7) is 4.31. The normalized spacial score (nSPS) is 11.9. The summed E-state index contributed by atoms with van der Waals surface area (Å²) in [6.07, 6.45) is 0. The minimum absolute atomic E-state index is 0.258. The van der Waals surface area contributed by atoms with Crippen molar-refractivity contribution in [2.75, 3.05) is 13.7 Å². The Hall–Kier alpha value is -1.73. The lowest BCUT2D eigenvalue weighted by Gasteiger charge is -2.15. The van der Waals surface area contributed by atoms with Gasteiger partial charge in [0.2, 0.25) is 0 Å². The summed E-state index contributed by atoms with van der Waals surface area (Å²) in [5.74, 6) is 1.45. The number of rotatable bonds is 6. The maximum absolute atomic E-state index is 8.94. The van der Waals surface area contributed by atoms with E-state index >= 15 is 0 Å². The van der Waals surface area contributed by atoms with Crippen LogP contribution in [0, 0.1) is 11.3 Å². The molecule has 1 rings (SSSR count). The lowest BCUT2D eigenvalue weighted by Crippen LogP contribution is -2.37. The summed E-state index contributed by atoms with van der Waals surface area (Å²) in [5.41, 5.74) is 0. The maximum atomic E-state index is 8.94. The molecule has 0 spiro atoms. The molecule has 1 atom stereocenters. The predicted molar refractivity (Wildman–Crippen MR) is 66.2 cm³/mol. The van der Waals surface area contributed by atoms with Crippen LogP contribution in [0.1, 0.15) is 13.8 Å². The van der Waals surface area contributed by atoms with Crippen LogP contribution >= 0.6 is 0 Å². The van der Waals surface area contributed by atoms with Gasteiger partial charge in [0.15, 0.2) is 0 Å². The summed E-state index contributed by atoms with van der Waals surface area (Å²) in [5, 5.41) is 12.0. The van der Waals surface area contributed by atoms with E-state index in [1.807, 2.05) is 32.0 Å². The van der Waals surface area contributed by atoms with E-state index in [4.69, 9.17) is 14.7 Å². The molecule has 92 valence electrons. The number of benzene rings is 1. The molecule has 1 aromatic carbocycles. The second-order valence-electron chi connectivity index (χ2n) is 3.99. The topological polar surface area (TPSA) is 54.3 Å². The number of methoxy groups -OCH3 is 1. The molecule has 0 fully saturated rings. The molecule has 0 amide bonds. The van der Waals surface area contributed by atoms with Gasteiger partial charge in [-0.3, -0.25) is 5.32 Å². The van der Waals surface area contributed by atoms with Gasteiger partial charge in [-0.1, -0.05) is 6.07 Å². The van der Waals surface area contributed by atoms with Crippen molar-refractivity contribution in [1.29, 1.82) is 5.26 Å². The zero-order valence-electron chi connectivity index (χ0n) is 10.4. The van der Waals surface area contributed by atoms with Gasteiger partial charge in [-0.05, 0) is 26.0 Å². The van der Waals surface area contributed by atoms with Crippen LogP contribution in [0.2, 0.25) is 0 Å². The molecule has 0 aliphatic carbocycles. The largest absolute Gasteiger partial charge is 0.497 e. The standard InChI is InChI=1S/C13H18N2O2/c1-10(2)15-11(8-14)9-17-13-6-4-5-12(7-13)16-3/h4-7,10-11,15H,9H2,1-3H3. The van der Waals surface area contributed by atoms with Gasteiger partial charge in [0.1, 0.15) is 24.1 Å². The fraction of sp³-hybridized carbons (Fsp3) is 0.462. The van der Waals surface area contributed by atoms with Crippen molar-refractivity contribution in [3.8, 4) is 17.6 Å². The highest BCUT2D eigenvalue weighted by Gasteiger charge is 2.09. The highest BCUT2D eigenvalue weighted by molar-refractivity contribution is 5.32. The van der Waals surface area contributed by atoms with Gasteiger partial charge in [-0.2, -0.15) is 5.26 Å². The molecule has 4 nitrogen and oxygen atoms in total. The van der Waals surface area contributed by atoms with E-state index in [0.29, 0.717) is 12.4 Å². The van der Waals surface area contributed by atoms with Gasteiger partial charge in [0.05, 0.1) is 13.2 Å². The minimum atomic E-state index is -0.304. The van der Waals surface area contributed by atoms with Gasteiger partial charge in [-0.25, -0.2) is 0 Å². The quantitative estimate of drug-likeness (QED) is 0.817. The average molecular weight is 234 g/mol. The van der Waals surface area contributed by atoms with E-state index in [-0.39, 0.29) is 12.1 Å². The summed E-state index contributed by atoms with van der Waals surface area (Å²) in [6, 6.07) is 9.45. The van der Waals surface area contributed by atoms with Crippen molar-refractivity contribution in [3.63, 3.8) is 0 Å².